The van der Waals surface area contributed by atoms with Crippen molar-refractivity contribution in [3.63, 3.8) is 0 Å². The third-order valence-electron chi connectivity index (χ3n) is 4.28. The summed E-state index contributed by atoms with van der Waals surface area (Å²) in [5.74, 6) is 0.557. The number of anilines is 1. The van der Waals surface area contributed by atoms with Gasteiger partial charge in [-0.3, -0.25) is 0 Å². The van der Waals surface area contributed by atoms with Crippen LogP contribution in [0.4, 0.5) is 5.95 Å². The quantitative estimate of drug-likeness (QED) is 0.235. The zero-order valence-electron chi connectivity index (χ0n) is 16.8. The molecule has 0 atom stereocenters. The number of fused-ring (bicyclic) bond motifs is 1. The van der Waals surface area contributed by atoms with Crippen molar-refractivity contribution in [1.82, 2.24) is 14.9 Å². The van der Waals surface area contributed by atoms with E-state index in [1.165, 1.54) is 0 Å². The summed E-state index contributed by atoms with van der Waals surface area (Å²) >= 11 is 4.35. The molecule has 6 heteroatoms. The van der Waals surface area contributed by atoms with Gasteiger partial charge in [0.05, 0.1) is 18.7 Å². The maximum atomic E-state index is 5.70. The zero-order valence-corrected chi connectivity index (χ0v) is 17.7. The van der Waals surface area contributed by atoms with Crippen LogP contribution in [0.1, 0.15) is 20.3 Å². The normalized spacial score (nSPS) is 12.2. The lowest BCUT2D eigenvalue weighted by Gasteiger charge is -2.17. The second-order valence-corrected chi connectivity index (χ2v) is 6.77. The molecule has 0 spiro atoms. The molecule has 0 bridgehead atoms. The molecule has 0 aliphatic heterocycles. The van der Waals surface area contributed by atoms with Gasteiger partial charge in [-0.1, -0.05) is 32.1 Å². The van der Waals surface area contributed by atoms with Crippen molar-refractivity contribution in [1.29, 1.82) is 0 Å². The SMILES string of the molecule is C=CC/C=C(\C=C/COCCN(CC)CC)Nc1ncc2cc(S)ccc2n1. The van der Waals surface area contributed by atoms with Gasteiger partial charge >= 0.3 is 0 Å². The lowest BCUT2D eigenvalue weighted by molar-refractivity contribution is 0.128. The molecule has 0 radical (unpaired) electrons. The van der Waals surface area contributed by atoms with Crippen molar-refractivity contribution in [2.24, 2.45) is 0 Å². The van der Waals surface area contributed by atoms with Crippen molar-refractivity contribution >= 4 is 29.5 Å². The number of ether oxygens (including phenoxy) is 1. The van der Waals surface area contributed by atoms with Gasteiger partial charge in [0.2, 0.25) is 5.95 Å². The Morgan fingerprint density at radius 2 is 2.14 bits per heavy atom. The summed E-state index contributed by atoms with van der Waals surface area (Å²) in [4.78, 5) is 12.2. The van der Waals surface area contributed by atoms with Gasteiger partial charge < -0.3 is 15.0 Å². The number of thiol groups is 1. The molecule has 150 valence electrons. The summed E-state index contributed by atoms with van der Waals surface area (Å²) in [5, 5.41) is 4.23. The molecule has 1 aromatic heterocycles. The van der Waals surface area contributed by atoms with Crippen LogP contribution in [0, 0.1) is 0 Å². The van der Waals surface area contributed by atoms with Crippen LogP contribution in [0.15, 0.2) is 65.9 Å². The van der Waals surface area contributed by atoms with E-state index in [1.54, 1.807) is 6.20 Å². The van der Waals surface area contributed by atoms with Gasteiger partial charge in [0.15, 0.2) is 0 Å². The molecule has 0 saturated carbocycles. The van der Waals surface area contributed by atoms with Crippen LogP contribution in [0.25, 0.3) is 10.9 Å². The third-order valence-corrected chi connectivity index (χ3v) is 4.56. The molecule has 0 aliphatic rings. The second kappa shape index (κ2) is 12.3. The van der Waals surface area contributed by atoms with Crippen molar-refractivity contribution in [3.05, 3.63) is 61.0 Å². The number of likely N-dealkylation sites (N-methyl/N-ethyl adjacent to an activating group) is 1. The lowest BCUT2D eigenvalue weighted by atomic mass is 10.2. The largest absolute Gasteiger partial charge is 0.376 e. The molecular formula is C22H30N4OS. The molecule has 0 fully saturated rings. The summed E-state index contributed by atoms with van der Waals surface area (Å²) in [7, 11) is 0. The number of benzene rings is 1. The van der Waals surface area contributed by atoms with Gasteiger partial charge in [0, 0.05) is 28.7 Å². The Labute approximate surface area is 173 Å². The van der Waals surface area contributed by atoms with Crippen LogP contribution >= 0.6 is 12.6 Å². The first-order valence-electron chi connectivity index (χ1n) is 9.66. The molecule has 0 unspecified atom stereocenters. The van der Waals surface area contributed by atoms with Crippen molar-refractivity contribution in [2.75, 3.05) is 38.2 Å². The summed E-state index contributed by atoms with van der Waals surface area (Å²) in [6, 6.07) is 5.81. The number of nitrogens with zero attached hydrogens (tertiary/aromatic N) is 3. The lowest BCUT2D eigenvalue weighted by Crippen LogP contribution is -2.27. The Balaban J connectivity index is 1.94. The van der Waals surface area contributed by atoms with E-state index in [0.29, 0.717) is 12.6 Å². The Bertz CT molecular complexity index is 815. The predicted octanol–water partition coefficient (Wildman–Crippen LogP) is 4.71. The Kier molecular flexibility index (Phi) is 9.76. The minimum absolute atomic E-state index is 0.557. The highest BCUT2D eigenvalue weighted by molar-refractivity contribution is 7.80. The zero-order chi connectivity index (χ0) is 20.2. The molecule has 2 aromatic rings. The fourth-order valence-electron chi connectivity index (χ4n) is 2.64. The average Bonchev–Trinajstić information content (AvgIpc) is 2.71. The monoisotopic (exact) mass is 398 g/mol. The molecule has 0 saturated heterocycles. The molecule has 0 aliphatic carbocycles. The van der Waals surface area contributed by atoms with Crippen molar-refractivity contribution in [3.8, 4) is 0 Å². The number of rotatable bonds is 12. The first-order valence-corrected chi connectivity index (χ1v) is 10.1. The number of nitrogens with one attached hydrogen (secondary N) is 1. The molecule has 28 heavy (non-hydrogen) atoms. The van der Waals surface area contributed by atoms with Crippen molar-refractivity contribution < 1.29 is 4.74 Å². The first-order chi connectivity index (χ1) is 13.7. The number of hydrogen-bond acceptors (Lipinski definition) is 6. The van der Waals surface area contributed by atoms with Crippen LogP contribution in [0.5, 0.6) is 0 Å². The molecule has 1 aromatic carbocycles. The minimum Gasteiger partial charge on any atom is -0.376 e. The van der Waals surface area contributed by atoms with E-state index in [9.17, 15) is 0 Å². The van der Waals surface area contributed by atoms with E-state index >= 15 is 0 Å². The Morgan fingerprint density at radius 1 is 1.32 bits per heavy atom. The van der Waals surface area contributed by atoms with Crippen molar-refractivity contribution in [2.45, 2.75) is 25.2 Å². The molecular weight excluding hydrogens is 368 g/mol. The van der Waals surface area contributed by atoms with Crippen LogP contribution < -0.4 is 5.32 Å². The topological polar surface area (TPSA) is 50.3 Å². The van der Waals surface area contributed by atoms with Gasteiger partial charge in [0.25, 0.3) is 0 Å². The highest BCUT2D eigenvalue weighted by Crippen LogP contribution is 2.17. The molecule has 2 rings (SSSR count). The molecule has 0 amide bonds. The highest BCUT2D eigenvalue weighted by atomic mass is 32.1. The second-order valence-electron chi connectivity index (χ2n) is 6.25. The van der Waals surface area contributed by atoms with Gasteiger partial charge in [0.1, 0.15) is 0 Å². The van der Waals surface area contributed by atoms with E-state index in [2.05, 4.69) is 53.2 Å². The average molecular weight is 399 g/mol. The fourth-order valence-corrected chi connectivity index (χ4v) is 2.85. The van der Waals surface area contributed by atoms with E-state index in [4.69, 9.17) is 4.74 Å². The molecule has 5 nitrogen and oxygen atoms in total. The number of allylic oxidation sites excluding steroid dienone is 3. The summed E-state index contributed by atoms with van der Waals surface area (Å²) in [6.07, 6.45) is 10.4. The van der Waals surface area contributed by atoms with Gasteiger partial charge in [-0.25, -0.2) is 9.97 Å². The van der Waals surface area contributed by atoms with E-state index in [-0.39, 0.29) is 0 Å². The van der Waals surface area contributed by atoms with Crippen LogP contribution in [0.3, 0.4) is 0 Å². The van der Waals surface area contributed by atoms with Gasteiger partial charge in [-0.15, -0.1) is 19.2 Å². The van der Waals surface area contributed by atoms with Gasteiger partial charge in [-0.05, 0) is 43.8 Å². The minimum atomic E-state index is 0.557. The fraction of sp³-hybridized carbons (Fsp3) is 0.364. The Hall–Kier alpha value is -2.15. The summed E-state index contributed by atoms with van der Waals surface area (Å²) in [6.45, 7) is 12.5. The van der Waals surface area contributed by atoms with Gasteiger partial charge in [-0.2, -0.15) is 0 Å². The van der Waals surface area contributed by atoms with E-state index in [1.807, 2.05) is 42.5 Å². The summed E-state index contributed by atoms with van der Waals surface area (Å²) < 4.78 is 5.70. The van der Waals surface area contributed by atoms with Crippen LogP contribution in [0.2, 0.25) is 0 Å². The van der Waals surface area contributed by atoms with E-state index < -0.39 is 0 Å². The number of aromatic nitrogens is 2. The van der Waals surface area contributed by atoms with E-state index in [0.717, 1.165) is 54.2 Å². The molecule has 1 heterocycles. The first kappa shape index (κ1) is 22.1. The Morgan fingerprint density at radius 3 is 2.89 bits per heavy atom. The van der Waals surface area contributed by atoms with Crippen LogP contribution in [-0.2, 0) is 4.74 Å². The van der Waals surface area contributed by atoms with Crippen LogP contribution in [-0.4, -0.2) is 47.7 Å². The third kappa shape index (κ3) is 7.46. The maximum absolute atomic E-state index is 5.70. The maximum Gasteiger partial charge on any atom is 0.227 e. The molecule has 1 N–H and O–H groups in total. The predicted molar refractivity (Wildman–Crippen MR) is 121 cm³/mol. The standard InChI is InChI=1S/C22H30N4OS/c1-4-7-9-19(10-8-14-27-15-13-26(5-2)6-3)24-22-23-17-18-16-20(28)11-12-21(18)25-22/h4,8-12,16-17,28H,1,5-7,13-15H2,2-3H3,(H,23,24,25)/b10-8-,19-9+. The summed E-state index contributed by atoms with van der Waals surface area (Å²) in [5.41, 5.74) is 1.79. The smallest absolute Gasteiger partial charge is 0.227 e. The number of hydrogen-bond donors (Lipinski definition) is 2. The highest BCUT2D eigenvalue weighted by Gasteiger charge is 2.02.